The van der Waals surface area contributed by atoms with Crippen LogP contribution in [0.5, 0.6) is 11.5 Å². The molecule has 0 aliphatic carbocycles. The van der Waals surface area contributed by atoms with E-state index in [9.17, 15) is 5.11 Å². The molecule has 1 heterocycles. The van der Waals surface area contributed by atoms with Gasteiger partial charge in [0.2, 0.25) is 0 Å². The van der Waals surface area contributed by atoms with Crippen molar-refractivity contribution in [2.45, 2.75) is 25.0 Å². The van der Waals surface area contributed by atoms with Crippen molar-refractivity contribution in [2.75, 3.05) is 0 Å². The van der Waals surface area contributed by atoms with Gasteiger partial charge in [-0.15, -0.1) is 0 Å². The number of hydrogen-bond acceptors (Lipinski definition) is 3. The molecule has 0 amide bonds. The van der Waals surface area contributed by atoms with E-state index >= 15 is 0 Å². The van der Waals surface area contributed by atoms with E-state index in [-0.39, 0.29) is 6.10 Å². The Labute approximate surface area is 91.2 Å². The van der Waals surface area contributed by atoms with Gasteiger partial charge in [-0.1, -0.05) is 6.07 Å². The van der Waals surface area contributed by atoms with Crippen LogP contribution in [0.1, 0.15) is 12.5 Å². The van der Waals surface area contributed by atoms with Crippen LogP contribution in [0.25, 0.3) is 0 Å². The van der Waals surface area contributed by atoms with E-state index in [0.717, 1.165) is 17.1 Å². The highest BCUT2D eigenvalue weighted by Gasteiger charge is 2.30. The smallest absolute Gasteiger partial charge is 0.197 e. The standard InChI is InChI=1S/C10H14B2O3/c1-6(13)4-7-2-3-8-9(5-7)15-10(11,12)14-8/h2-3,5-6,13H,4,11-12H2,1H3/t6-/m1/s1. The highest BCUT2D eigenvalue weighted by molar-refractivity contribution is 6.38. The first-order valence-electron chi connectivity index (χ1n) is 5.15. The summed E-state index contributed by atoms with van der Waals surface area (Å²) in [5.41, 5.74) is 0.483. The van der Waals surface area contributed by atoms with Gasteiger partial charge in [0, 0.05) is 0 Å². The van der Waals surface area contributed by atoms with Crippen LogP contribution in [-0.2, 0) is 6.42 Å². The molecule has 0 radical (unpaired) electrons. The number of ether oxygens (including phenoxy) is 2. The van der Waals surface area contributed by atoms with E-state index in [1.807, 2.05) is 33.9 Å². The van der Waals surface area contributed by atoms with Gasteiger partial charge in [0.15, 0.2) is 32.8 Å². The summed E-state index contributed by atoms with van der Waals surface area (Å²) in [6.07, 6.45) is 0.301. The highest BCUT2D eigenvalue weighted by Crippen LogP contribution is 2.37. The molecule has 3 nitrogen and oxygen atoms in total. The lowest BCUT2D eigenvalue weighted by molar-refractivity contribution is 0.0833. The minimum atomic E-state index is -0.578. The molecule has 0 bridgehead atoms. The zero-order chi connectivity index (χ0) is 11.1. The fraction of sp³-hybridized carbons (Fsp3) is 0.400. The van der Waals surface area contributed by atoms with E-state index in [1.165, 1.54) is 0 Å². The molecule has 5 heteroatoms. The average Bonchev–Trinajstić information content (AvgIpc) is 2.36. The summed E-state index contributed by atoms with van der Waals surface area (Å²) in [5.74, 6) is 1.53. The van der Waals surface area contributed by atoms with Gasteiger partial charge in [-0.05, 0) is 31.0 Å². The summed E-state index contributed by atoms with van der Waals surface area (Å²) in [7, 11) is 3.75. The fourth-order valence-corrected chi connectivity index (χ4v) is 1.74. The summed E-state index contributed by atoms with van der Waals surface area (Å²) < 4.78 is 11.2. The van der Waals surface area contributed by atoms with Crippen molar-refractivity contribution in [3.8, 4) is 11.5 Å². The van der Waals surface area contributed by atoms with Crippen LogP contribution < -0.4 is 9.47 Å². The molecule has 1 aromatic carbocycles. The van der Waals surface area contributed by atoms with Crippen LogP contribution >= 0.6 is 0 Å². The number of rotatable bonds is 2. The fourth-order valence-electron chi connectivity index (χ4n) is 1.74. The van der Waals surface area contributed by atoms with Crippen molar-refractivity contribution in [1.29, 1.82) is 0 Å². The Morgan fingerprint density at radius 2 is 2.00 bits per heavy atom. The lowest BCUT2D eigenvalue weighted by atomic mass is 9.76. The van der Waals surface area contributed by atoms with Crippen molar-refractivity contribution < 1.29 is 14.6 Å². The topological polar surface area (TPSA) is 38.7 Å². The molecule has 1 aromatic rings. The molecule has 0 saturated heterocycles. The van der Waals surface area contributed by atoms with Gasteiger partial charge in [-0.25, -0.2) is 0 Å². The minimum Gasteiger partial charge on any atom is -0.467 e. The van der Waals surface area contributed by atoms with Crippen LogP contribution in [0.4, 0.5) is 0 Å². The van der Waals surface area contributed by atoms with E-state index < -0.39 is 5.59 Å². The van der Waals surface area contributed by atoms with Crippen molar-refractivity contribution in [3.63, 3.8) is 0 Å². The summed E-state index contributed by atoms with van der Waals surface area (Å²) in [5, 5.41) is 9.28. The second kappa shape index (κ2) is 3.49. The second-order valence-corrected chi connectivity index (χ2v) is 4.44. The molecule has 15 heavy (non-hydrogen) atoms. The summed E-state index contributed by atoms with van der Waals surface area (Å²) in [6, 6.07) is 5.77. The zero-order valence-electron chi connectivity index (χ0n) is 9.28. The van der Waals surface area contributed by atoms with E-state index in [4.69, 9.17) is 9.47 Å². The van der Waals surface area contributed by atoms with Gasteiger partial charge in [0.25, 0.3) is 0 Å². The molecule has 0 spiro atoms. The van der Waals surface area contributed by atoms with Crippen molar-refractivity contribution in [3.05, 3.63) is 23.8 Å². The molecular formula is C10H14B2O3. The molecule has 1 aliphatic heterocycles. The molecule has 78 valence electrons. The Morgan fingerprint density at radius 3 is 2.67 bits per heavy atom. The molecule has 1 atom stereocenters. The molecule has 1 N–H and O–H groups in total. The van der Waals surface area contributed by atoms with Crippen LogP contribution in [0.3, 0.4) is 0 Å². The van der Waals surface area contributed by atoms with Crippen LogP contribution in [-0.4, -0.2) is 32.5 Å². The molecular weight excluding hydrogens is 190 g/mol. The van der Waals surface area contributed by atoms with Gasteiger partial charge in [-0.2, -0.15) is 0 Å². The van der Waals surface area contributed by atoms with E-state index in [1.54, 1.807) is 6.92 Å². The maximum absolute atomic E-state index is 9.28. The molecule has 2 rings (SSSR count). The molecule has 0 unspecified atom stereocenters. The predicted octanol–water partition coefficient (Wildman–Crippen LogP) is -0.741. The third-order valence-corrected chi connectivity index (χ3v) is 2.25. The molecule has 0 saturated carbocycles. The number of aliphatic hydroxyl groups excluding tert-OH is 1. The van der Waals surface area contributed by atoms with Gasteiger partial charge in [-0.3, -0.25) is 0 Å². The Bertz CT molecular complexity index is 377. The lowest BCUT2D eigenvalue weighted by Gasteiger charge is -2.17. The van der Waals surface area contributed by atoms with Gasteiger partial charge < -0.3 is 14.6 Å². The SMILES string of the molecule is BC1(B)Oc2ccc(C[C@@H](C)O)cc2O1. The van der Waals surface area contributed by atoms with Crippen LogP contribution in [0.15, 0.2) is 18.2 Å². The number of aliphatic hydroxyl groups is 1. The van der Waals surface area contributed by atoms with E-state index in [0.29, 0.717) is 6.42 Å². The van der Waals surface area contributed by atoms with Crippen LogP contribution in [0.2, 0.25) is 0 Å². The largest absolute Gasteiger partial charge is 0.467 e. The highest BCUT2D eigenvalue weighted by atomic mass is 16.7. The predicted molar refractivity (Wildman–Crippen MR) is 62.9 cm³/mol. The normalized spacial score (nSPS) is 18.8. The molecule has 0 fully saturated rings. The van der Waals surface area contributed by atoms with Crippen molar-refractivity contribution in [2.24, 2.45) is 0 Å². The number of hydrogen-bond donors (Lipinski definition) is 1. The molecule has 0 aromatic heterocycles. The minimum absolute atomic E-state index is 0.335. The zero-order valence-corrected chi connectivity index (χ0v) is 9.28. The Morgan fingerprint density at radius 1 is 1.33 bits per heavy atom. The summed E-state index contributed by atoms with van der Waals surface area (Å²) in [4.78, 5) is 0. The Hall–Kier alpha value is -1.09. The van der Waals surface area contributed by atoms with Crippen LogP contribution in [0, 0.1) is 0 Å². The second-order valence-electron chi connectivity index (χ2n) is 4.44. The average molecular weight is 204 g/mol. The maximum atomic E-state index is 9.28. The summed E-state index contributed by atoms with van der Waals surface area (Å²) in [6.45, 7) is 1.77. The third-order valence-electron chi connectivity index (χ3n) is 2.25. The Kier molecular flexibility index (Phi) is 2.43. The maximum Gasteiger partial charge on any atom is 0.197 e. The first-order valence-corrected chi connectivity index (χ1v) is 5.15. The van der Waals surface area contributed by atoms with Gasteiger partial charge in [0.1, 0.15) is 0 Å². The lowest BCUT2D eigenvalue weighted by Crippen LogP contribution is -2.39. The summed E-state index contributed by atoms with van der Waals surface area (Å²) >= 11 is 0. The number of fused-ring (bicyclic) bond motifs is 1. The Balaban J connectivity index is 2.23. The number of benzene rings is 1. The van der Waals surface area contributed by atoms with Crippen molar-refractivity contribution >= 4 is 15.7 Å². The first kappa shape index (κ1) is 10.4. The first-order chi connectivity index (χ1) is 6.96. The third kappa shape index (κ3) is 2.29. The van der Waals surface area contributed by atoms with Crippen molar-refractivity contribution in [1.82, 2.24) is 0 Å². The molecule has 1 aliphatic rings. The quantitative estimate of drug-likeness (QED) is 0.644. The monoisotopic (exact) mass is 204 g/mol. The van der Waals surface area contributed by atoms with E-state index in [2.05, 4.69) is 0 Å². The van der Waals surface area contributed by atoms with Gasteiger partial charge in [0.05, 0.1) is 6.10 Å². The van der Waals surface area contributed by atoms with Gasteiger partial charge >= 0.3 is 0 Å².